The number of fused-ring (bicyclic) bond motifs is 1. The summed E-state index contributed by atoms with van der Waals surface area (Å²) in [6.45, 7) is 1.81. The van der Waals surface area contributed by atoms with Gasteiger partial charge in [-0.25, -0.2) is 13.6 Å². The van der Waals surface area contributed by atoms with Gasteiger partial charge in [-0.15, -0.1) is 0 Å². The van der Waals surface area contributed by atoms with E-state index >= 15 is 0 Å². The Morgan fingerprint density at radius 2 is 2.00 bits per heavy atom. The highest BCUT2D eigenvalue weighted by Crippen LogP contribution is 2.15. The molecule has 2 aromatic rings. The van der Waals surface area contributed by atoms with Crippen molar-refractivity contribution in [2.75, 3.05) is 20.6 Å². The van der Waals surface area contributed by atoms with Gasteiger partial charge in [-0.1, -0.05) is 6.07 Å². The van der Waals surface area contributed by atoms with Crippen LogP contribution in [0.25, 0.3) is 0 Å². The molecule has 0 atom stereocenters. The van der Waals surface area contributed by atoms with Gasteiger partial charge in [0.1, 0.15) is 11.6 Å². The minimum atomic E-state index is -0.742. The van der Waals surface area contributed by atoms with Crippen LogP contribution >= 0.6 is 0 Å². The van der Waals surface area contributed by atoms with Crippen molar-refractivity contribution in [3.05, 3.63) is 52.9 Å². The number of carbonyl (C=O) groups is 2. The molecular formula is C18H21F2N5O2. The third kappa shape index (κ3) is 4.42. The van der Waals surface area contributed by atoms with Crippen LogP contribution in [0.5, 0.6) is 0 Å². The Bertz CT molecular complexity index is 865. The van der Waals surface area contributed by atoms with Crippen LogP contribution in [0.1, 0.15) is 17.0 Å². The molecule has 27 heavy (non-hydrogen) atoms. The summed E-state index contributed by atoms with van der Waals surface area (Å²) in [5.74, 6) is -1.80. The van der Waals surface area contributed by atoms with Crippen molar-refractivity contribution < 1.29 is 18.4 Å². The summed E-state index contributed by atoms with van der Waals surface area (Å²) in [5, 5.41) is 7.11. The van der Waals surface area contributed by atoms with Gasteiger partial charge in [0.2, 0.25) is 5.91 Å². The van der Waals surface area contributed by atoms with E-state index in [-0.39, 0.29) is 30.5 Å². The van der Waals surface area contributed by atoms with Crippen molar-refractivity contribution in [2.45, 2.75) is 26.1 Å². The normalized spacial score (nSPS) is 13.3. The van der Waals surface area contributed by atoms with Gasteiger partial charge in [-0.05, 0) is 17.7 Å². The Labute approximate surface area is 155 Å². The van der Waals surface area contributed by atoms with Crippen LogP contribution in [-0.4, -0.2) is 52.2 Å². The first-order chi connectivity index (χ1) is 12.8. The smallest absolute Gasteiger partial charge is 0.319 e. The van der Waals surface area contributed by atoms with E-state index in [1.54, 1.807) is 19.0 Å². The third-order valence-electron chi connectivity index (χ3n) is 4.33. The monoisotopic (exact) mass is 377 g/mol. The Kier molecular flexibility index (Phi) is 5.38. The van der Waals surface area contributed by atoms with E-state index < -0.39 is 11.6 Å². The van der Waals surface area contributed by atoms with Crippen molar-refractivity contribution in [2.24, 2.45) is 0 Å². The van der Waals surface area contributed by atoms with E-state index in [4.69, 9.17) is 0 Å². The molecule has 1 aromatic heterocycles. The number of hydrogen-bond acceptors (Lipinski definition) is 3. The number of urea groups is 1. The molecule has 0 fully saturated rings. The second-order valence-electron chi connectivity index (χ2n) is 6.64. The lowest BCUT2D eigenvalue weighted by atomic mass is 10.1. The number of carbonyl (C=O) groups excluding carboxylic acids is 2. The highest BCUT2D eigenvalue weighted by molar-refractivity contribution is 5.78. The number of amides is 3. The third-order valence-corrected chi connectivity index (χ3v) is 4.33. The van der Waals surface area contributed by atoms with Gasteiger partial charge in [0.15, 0.2) is 0 Å². The highest BCUT2D eigenvalue weighted by atomic mass is 19.1. The second-order valence-corrected chi connectivity index (χ2v) is 6.64. The lowest BCUT2D eigenvalue weighted by molar-refractivity contribution is -0.120. The van der Waals surface area contributed by atoms with E-state index in [1.807, 2.05) is 10.7 Å². The van der Waals surface area contributed by atoms with Gasteiger partial charge >= 0.3 is 6.03 Å². The van der Waals surface area contributed by atoms with Crippen LogP contribution in [0, 0.1) is 11.6 Å². The van der Waals surface area contributed by atoms with Gasteiger partial charge in [0.25, 0.3) is 0 Å². The topological polar surface area (TPSA) is 70.5 Å². The molecule has 0 aliphatic carbocycles. The van der Waals surface area contributed by atoms with Crippen molar-refractivity contribution in [1.29, 1.82) is 0 Å². The largest absolute Gasteiger partial charge is 0.350 e. The molecule has 2 heterocycles. The first-order valence-electron chi connectivity index (χ1n) is 8.56. The molecule has 3 amide bonds. The summed E-state index contributed by atoms with van der Waals surface area (Å²) in [7, 11) is 3.41. The fourth-order valence-corrected chi connectivity index (χ4v) is 2.95. The lowest BCUT2D eigenvalue weighted by Gasteiger charge is -2.29. The Hall–Kier alpha value is -2.97. The number of hydrogen-bond donors (Lipinski definition) is 1. The number of aromatic nitrogens is 2. The minimum Gasteiger partial charge on any atom is -0.350 e. The average molecular weight is 377 g/mol. The SMILES string of the molecule is CN(C)C(=O)N1CCn2nc(CNC(=O)Cc3ccc(F)cc3F)cc2C1. The zero-order valence-corrected chi connectivity index (χ0v) is 15.2. The molecule has 1 aliphatic rings. The van der Waals surface area contributed by atoms with E-state index in [9.17, 15) is 18.4 Å². The summed E-state index contributed by atoms with van der Waals surface area (Å²) in [5.41, 5.74) is 1.69. The maximum atomic E-state index is 13.6. The van der Waals surface area contributed by atoms with Crippen molar-refractivity contribution in [3.63, 3.8) is 0 Å². The van der Waals surface area contributed by atoms with Crippen LogP contribution in [0.15, 0.2) is 24.3 Å². The molecule has 0 saturated carbocycles. The molecule has 1 aliphatic heterocycles. The molecule has 7 nitrogen and oxygen atoms in total. The molecule has 0 bridgehead atoms. The maximum Gasteiger partial charge on any atom is 0.319 e. The summed E-state index contributed by atoms with van der Waals surface area (Å²) >= 11 is 0. The molecule has 144 valence electrons. The zero-order valence-electron chi connectivity index (χ0n) is 15.2. The number of nitrogens with zero attached hydrogens (tertiary/aromatic N) is 4. The minimum absolute atomic E-state index is 0.0568. The van der Waals surface area contributed by atoms with Crippen LogP contribution in [-0.2, 0) is 30.8 Å². The molecule has 0 spiro atoms. The summed E-state index contributed by atoms with van der Waals surface area (Å²) in [6, 6.07) is 4.92. The van der Waals surface area contributed by atoms with Gasteiger partial charge in [0.05, 0.1) is 37.4 Å². The fourth-order valence-electron chi connectivity index (χ4n) is 2.95. The van der Waals surface area contributed by atoms with Gasteiger partial charge in [-0.2, -0.15) is 5.10 Å². The van der Waals surface area contributed by atoms with Crippen LogP contribution in [0.3, 0.4) is 0 Å². The standard InChI is InChI=1S/C18H21F2N5O2/c1-23(2)18(27)24-5-6-25-15(11-24)9-14(22-25)10-21-17(26)7-12-3-4-13(19)8-16(12)20/h3-4,8-9H,5-7,10-11H2,1-2H3,(H,21,26). The predicted molar refractivity (Wildman–Crippen MR) is 93.6 cm³/mol. The molecule has 9 heteroatoms. The summed E-state index contributed by atoms with van der Waals surface area (Å²) in [4.78, 5) is 27.3. The zero-order chi connectivity index (χ0) is 19.6. The highest BCUT2D eigenvalue weighted by Gasteiger charge is 2.23. The van der Waals surface area contributed by atoms with Gasteiger partial charge < -0.3 is 15.1 Å². The number of halogens is 2. The summed E-state index contributed by atoms with van der Waals surface area (Å²) in [6.07, 6.45) is -0.176. The van der Waals surface area contributed by atoms with Gasteiger partial charge in [0, 0.05) is 26.7 Å². The Balaban J connectivity index is 1.57. The lowest BCUT2D eigenvalue weighted by Crippen LogP contribution is -2.43. The predicted octanol–water partition coefficient (Wildman–Crippen LogP) is 1.52. The molecule has 0 saturated heterocycles. The van der Waals surface area contributed by atoms with E-state index in [1.165, 1.54) is 11.0 Å². The quantitative estimate of drug-likeness (QED) is 0.878. The van der Waals surface area contributed by atoms with Gasteiger partial charge in [-0.3, -0.25) is 9.48 Å². The number of rotatable bonds is 4. The van der Waals surface area contributed by atoms with Crippen LogP contribution in [0.4, 0.5) is 13.6 Å². The molecule has 0 radical (unpaired) electrons. The maximum absolute atomic E-state index is 13.6. The van der Waals surface area contributed by atoms with Crippen molar-refractivity contribution in [1.82, 2.24) is 24.9 Å². The van der Waals surface area contributed by atoms with Crippen molar-refractivity contribution in [3.8, 4) is 0 Å². The van der Waals surface area contributed by atoms with Crippen LogP contribution in [0.2, 0.25) is 0 Å². The Morgan fingerprint density at radius 1 is 1.22 bits per heavy atom. The molecule has 0 unspecified atom stereocenters. The molecule has 1 aromatic carbocycles. The van der Waals surface area contributed by atoms with E-state index in [0.717, 1.165) is 17.8 Å². The molecule has 3 rings (SSSR count). The Morgan fingerprint density at radius 3 is 2.70 bits per heavy atom. The summed E-state index contributed by atoms with van der Waals surface area (Å²) < 4.78 is 28.3. The number of nitrogens with one attached hydrogen (secondary N) is 1. The van der Waals surface area contributed by atoms with Crippen molar-refractivity contribution >= 4 is 11.9 Å². The molecule has 1 N–H and O–H groups in total. The first-order valence-corrected chi connectivity index (χ1v) is 8.56. The fraction of sp³-hybridized carbons (Fsp3) is 0.389. The van der Waals surface area contributed by atoms with Crippen LogP contribution < -0.4 is 5.32 Å². The van der Waals surface area contributed by atoms with E-state index in [0.29, 0.717) is 25.3 Å². The average Bonchev–Trinajstić information content (AvgIpc) is 3.03. The molecular weight excluding hydrogens is 356 g/mol. The number of benzene rings is 1. The van der Waals surface area contributed by atoms with E-state index in [2.05, 4.69) is 10.4 Å². The second kappa shape index (κ2) is 7.73. The first kappa shape index (κ1) is 18.8.